The van der Waals surface area contributed by atoms with Crippen LogP contribution >= 0.6 is 0 Å². The second-order valence-electron chi connectivity index (χ2n) is 8.66. The Balaban J connectivity index is 1.50. The van der Waals surface area contributed by atoms with Gasteiger partial charge in [0.05, 0.1) is 10.6 Å². The van der Waals surface area contributed by atoms with Crippen molar-refractivity contribution in [3.05, 3.63) is 95.8 Å². The van der Waals surface area contributed by atoms with Gasteiger partial charge in [-0.05, 0) is 61.3 Å². The summed E-state index contributed by atoms with van der Waals surface area (Å²) in [4.78, 5) is 15.3. The van der Waals surface area contributed by atoms with Gasteiger partial charge in [-0.2, -0.15) is 0 Å². The highest BCUT2D eigenvalue weighted by Crippen LogP contribution is 2.26. The molecule has 184 valence electrons. The van der Waals surface area contributed by atoms with Crippen LogP contribution in [0.3, 0.4) is 0 Å². The second kappa shape index (κ2) is 11.5. The van der Waals surface area contributed by atoms with E-state index < -0.39 is 28.3 Å². The zero-order chi connectivity index (χ0) is 24.7. The molecule has 0 atom stereocenters. The molecule has 0 bridgehead atoms. The normalized spacial score (nSPS) is 14.4. The molecule has 0 unspecified atom stereocenters. The number of amides is 1. The Labute approximate surface area is 206 Å². The van der Waals surface area contributed by atoms with Crippen LogP contribution in [0, 0.1) is 5.82 Å². The van der Waals surface area contributed by atoms with E-state index in [4.69, 9.17) is 0 Å². The summed E-state index contributed by atoms with van der Waals surface area (Å²) in [6.07, 6.45) is 3.65. The minimum Gasteiger partial charge on any atom is -0.350 e. The van der Waals surface area contributed by atoms with E-state index in [0.29, 0.717) is 0 Å². The van der Waals surface area contributed by atoms with E-state index in [1.165, 1.54) is 49.6 Å². The fourth-order valence-corrected chi connectivity index (χ4v) is 5.75. The predicted octanol–water partition coefficient (Wildman–Crippen LogP) is 4.32. The number of piperidine rings is 1. The SMILES string of the molecule is O=C(CN(c1ccccc1F)S(=O)(=O)c1ccccc1)NCc1ccccc1CN1CCCCC1. The highest BCUT2D eigenvalue weighted by atomic mass is 32.2. The van der Waals surface area contributed by atoms with Crippen molar-refractivity contribution in [2.75, 3.05) is 23.9 Å². The Morgan fingerprint density at radius 3 is 2.20 bits per heavy atom. The molecule has 1 amide bonds. The van der Waals surface area contributed by atoms with Gasteiger partial charge >= 0.3 is 0 Å². The van der Waals surface area contributed by atoms with Crippen LogP contribution in [0.1, 0.15) is 30.4 Å². The fraction of sp³-hybridized carbons (Fsp3) is 0.296. The van der Waals surface area contributed by atoms with Gasteiger partial charge in [0.1, 0.15) is 12.4 Å². The highest BCUT2D eigenvalue weighted by Gasteiger charge is 2.29. The lowest BCUT2D eigenvalue weighted by Crippen LogP contribution is -2.41. The molecular formula is C27H30FN3O3S. The molecule has 4 rings (SSSR count). The van der Waals surface area contributed by atoms with Crippen molar-refractivity contribution < 1.29 is 17.6 Å². The monoisotopic (exact) mass is 495 g/mol. The van der Waals surface area contributed by atoms with E-state index in [0.717, 1.165) is 35.1 Å². The van der Waals surface area contributed by atoms with Gasteiger partial charge in [-0.1, -0.05) is 61.0 Å². The van der Waals surface area contributed by atoms with Crippen LogP contribution in [0.5, 0.6) is 0 Å². The molecule has 1 aliphatic rings. The minimum absolute atomic E-state index is 0.0112. The molecule has 0 aromatic heterocycles. The summed E-state index contributed by atoms with van der Waals surface area (Å²) in [5, 5.41) is 2.83. The summed E-state index contributed by atoms with van der Waals surface area (Å²) in [6.45, 7) is 2.67. The van der Waals surface area contributed by atoms with Crippen LogP contribution in [-0.2, 0) is 27.9 Å². The number of carbonyl (C=O) groups is 1. The first-order valence-corrected chi connectivity index (χ1v) is 13.3. The first-order chi connectivity index (χ1) is 16.9. The highest BCUT2D eigenvalue weighted by molar-refractivity contribution is 7.92. The Hall–Kier alpha value is -3.23. The number of sulfonamides is 1. The van der Waals surface area contributed by atoms with E-state index in [9.17, 15) is 17.6 Å². The van der Waals surface area contributed by atoms with Crippen molar-refractivity contribution >= 4 is 21.6 Å². The summed E-state index contributed by atoms with van der Waals surface area (Å²) >= 11 is 0. The lowest BCUT2D eigenvalue weighted by molar-refractivity contribution is -0.119. The van der Waals surface area contributed by atoms with Crippen molar-refractivity contribution in [1.82, 2.24) is 10.2 Å². The first-order valence-electron chi connectivity index (χ1n) is 11.8. The lowest BCUT2D eigenvalue weighted by Gasteiger charge is -2.27. The van der Waals surface area contributed by atoms with Crippen molar-refractivity contribution in [3.8, 4) is 0 Å². The number of anilines is 1. The quantitative estimate of drug-likeness (QED) is 0.480. The topological polar surface area (TPSA) is 69.7 Å². The smallest absolute Gasteiger partial charge is 0.264 e. The van der Waals surface area contributed by atoms with Crippen LogP contribution in [0.25, 0.3) is 0 Å². The van der Waals surface area contributed by atoms with E-state index >= 15 is 0 Å². The third-order valence-corrected chi connectivity index (χ3v) is 7.95. The van der Waals surface area contributed by atoms with Crippen LogP contribution < -0.4 is 9.62 Å². The zero-order valence-corrected chi connectivity index (χ0v) is 20.4. The summed E-state index contributed by atoms with van der Waals surface area (Å²) in [7, 11) is -4.16. The van der Waals surface area contributed by atoms with E-state index in [2.05, 4.69) is 16.3 Å². The van der Waals surface area contributed by atoms with Crippen LogP contribution in [0.2, 0.25) is 0 Å². The number of nitrogens with zero attached hydrogens (tertiary/aromatic N) is 2. The van der Waals surface area contributed by atoms with Crippen molar-refractivity contribution in [1.29, 1.82) is 0 Å². The number of halogens is 1. The molecule has 1 N–H and O–H groups in total. The molecule has 1 aliphatic heterocycles. The molecule has 0 spiro atoms. The van der Waals surface area contributed by atoms with Gasteiger partial charge in [0, 0.05) is 13.1 Å². The maximum atomic E-state index is 14.6. The van der Waals surface area contributed by atoms with Gasteiger partial charge in [0.25, 0.3) is 10.0 Å². The second-order valence-corrected chi connectivity index (χ2v) is 10.5. The van der Waals surface area contributed by atoms with Gasteiger partial charge in [-0.3, -0.25) is 14.0 Å². The Bertz CT molecular complexity index is 1250. The third kappa shape index (κ3) is 6.26. The van der Waals surface area contributed by atoms with E-state index in [-0.39, 0.29) is 17.1 Å². The van der Waals surface area contributed by atoms with Crippen molar-refractivity contribution in [2.24, 2.45) is 0 Å². The zero-order valence-electron chi connectivity index (χ0n) is 19.6. The third-order valence-electron chi connectivity index (χ3n) is 6.18. The number of hydrogen-bond acceptors (Lipinski definition) is 4. The van der Waals surface area contributed by atoms with Crippen LogP contribution in [-0.4, -0.2) is 38.9 Å². The summed E-state index contributed by atoms with van der Waals surface area (Å²) in [5.41, 5.74) is 1.95. The number of rotatable bonds is 9. The number of hydrogen-bond donors (Lipinski definition) is 1. The Kier molecular flexibility index (Phi) is 8.15. The number of likely N-dealkylation sites (tertiary alicyclic amines) is 1. The average molecular weight is 496 g/mol. The summed E-state index contributed by atoms with van der Waals surface area (Å²) in [5.74, 6) is -1.23. The lowest BCUT2D eigenvalue weighted by atomic mass is 10.0. The standard InChI is InChI=1S/C27H30FN3O3S/c28-25-15-7-8-16-26(25)31(35(33,34)24-13-3-1-4-14-24)21-27(32)29-19-22-11-5-6-12-23(22)20-30-17-9-2-10-18-30/h1,3-8,11-16H,2,9-10,17-21H2,(H,29,32). The van der Waals surface area contributed by atoms with Crippen molar-refractivity contribution in [2.45, 2.75) is 37.2 Å². The molecule has 0 aliphatic carbocycles. The first kappa shape index (κ1) is 24.9. The van der Waals surface area contributed by atoms with Gasteiger partial charge < -0.3 is 5.32 Å². The van der Waals surface area contributed by atoms with Gasteiger partial charge in [0.15, 0.2) is 0 Å². The number of nitrogens with one attached hydrogen (secondary N) is 1. The molecule has 6 nitrogen and oxygen atoms in total. The van der Waals surface area contributed by atoms with Gasteiger partial charge in [-0.15, -0.1) is 0 Å². The fourth-order valence-electron chi connectivity index (χ4n) is 4.30. The molecule has 3 aromatic carbocycles. The molecule has 1 saturated heterocycles. The van der Waals surface area contributed by atoms with Gasteiger partial charge in [-0.25, -0.2) is 12.8 Å². The van der Waals surface area contributed by atoms with Crippen molar-refractivity contribution in [3.63, 3.8) is 0 Å². The molecule has 8 heteroatoms. The predicted molar refractivity (Wildman–Crippen MR) is 135 cm³/mol. The van der Waals surface area contributed by atoms with Crippen LogP contribution in [0.15, 0.2) is 83.8 Å². The van der Waals surface area contributed by atoms with Crippen LogP contribution in [0.4, 0.5) is 10.1 Å². The minimum atomic E-state index is -4.16. The van der Waals surface area contributed by atoms with Gasteiger partial charge in [0.2, 0.25) is 5.91 Å². The summed E-state index contributed by atoms with van der Waals surface area (Å²) in [6, 6.07) is 21.2. The number of carbonyl (C=O) groups excluding carboxylic acids is 1. The molecule has 1 heterocycles. The largest absolute Gasteiger partial charge is 0.350 e. The summed E-state index contributed by atoms with van der Waals surface area (Å²) < 4.78 is 42.1. The number of para-hydroxylation sites is 1. The Morgan fingerprint density at radius 2 is 1.49 bits per heavy atom. The van der Waals surface area contributed by atoms with E-state index in [1.54, 1.807) is 24.3 Å². The molecule has 0 saturated carbocycles. The average Bonchev–Trinajstić information content (AvgIpc) is 2.88. The number of benzene rings is 3. The molecular weight excluding hydrogens is 465 g/mol. The molecule has 35 heavy (non-hydrogen) atoms. The maximum absolute atomic E-state index is 14.6. The maximum Gasteiger partial charge on any atom is 0.264 e. The Morgan fingerprint density at radius 1 is 0.857 bits per heavy atom. The molecule has 0 radical (unpaired) electrons. The van der Waals surface area contributed by atoms with E-state index in [1.807, 2.05) is 18.2 Å². The molecule has 1 fully saturated rings. The molecule has 3 aromatic rings.